The summed E-state index contributed by atoms with van der Waals surface area (Å²) in [7, 11) is 0. The number of carbonyl (C=O) groups excluding carboxylic acids is 1. The third-order valence-electron chi connectivity index (χ3n) is 4.60. The average Bonchev–Trinajstić information content (AvgIpc) is 2.41. The molecule has 0 fully saturated rings. The van der Waals surface area contributed by atoms with Crippen molar-refractivity contribution in [2.75, 3.05) is 0 Å². The van der Waals surface area contributed by atoms with Crippen LogP contribution in [0.5, 0.6) is 11.5 Å². The van der Waals surface area contributed by atoms with Gasteiger partial charge in [-0.25, -0.2) is 0 Å². The zero-order valence-corrected chi connectivity index (χ0v) is 13.1. The van der Waals surface area contributed by atoms with E-state index in [2.05, 4.69) is 6.92 Å². The van der Waals surface area contributed by atoms with Crippen molar-refractivity contribution in [2.24, 2.45) is 0 Å². The largest absolute Gasteiger partial charge is 0.507 e. The molecule has 1 unspecified atom stereocenters. The van der Waals surface area contributed by atoms with Crippen LogP contribution in [0, 0.1) is 20.8 Å². The highest BCUT2D eigenvalue weighted by Crippen LogP contribution is 2.44. The number of hydrogen-bond donors (Lipinski definition) is 1. The summed E-state index contributed by atoms with van der Waals surface area (Å²) in [4.78, 5) is 11.2. The summed E-state index contributed by atoms with van der Waals surface area (Å²) in [5.41, 5.74) is 3.66. The highest BCUT2D eigenvalue weighted by atomic mass is 16.5. The maximum atomic E-state index is 11.2. The van der Waals surface area contributed by atoms with Crippen LogP contribution < -0.4 is 4.74 Å². The Morgan fingerprint density at radius 2 is 1.90 bits per heavy atom. The molecule has 0 saturated carbocycles. The third-order valence-corrected chi connectivity index (χ3v) is 4.60. The molecule has 1 aliphatic heterocycles. The van der Waals surface area contributed by atoms with E-state index in [1.165, 1.54) is 0 Å². The predicted octanol–water partition coefficient (Wildman–Crippen LogP) is 3.77. The summed E-state index contributed by atoms with van der Waals surface area (Å²) < 4.78 is 6.25. The lowest BCUT2D eigenvalue weighted by molar-refractivity contribution is -0.118. The maximum absolute atomic E-state index is 11.2. The van der Waals surface area contributed by atoms with Crippen LogP contribution in [0.25, 0.3) is 0 Å². The molecule has 0 spiro atoms. The molecule has 20 heavy (non-hydrogen) atoms. The topological polar surface area (TPSA) is 46.5 Å². The predicted molar refractivity (Wildman–Crippen MR) is 79.6 cm³/mol. The molecule has 1 aliphatic rings. The van der Waals surface area contributed by atoms with E-state index in [4.69, 9.17) is 4.74 Å². The van der Waals surface area contributed by atoms with Crippen LogP contribution in [0.1, 0.15) is 55.4 Å². The fraction of sp³-hybridized carbons (Fsp3) is 0.588. The fourth-order valence-corrected chi connectivity index (χ4v) is 2.91. The van der Waals surface area contributed by atoms with Gasteiger partial charge in [0.15, 0.2) is 0 Å². The molecule has 0 aromatic heterocycles. The second-order valence-electron chi connectivity index (χ2n) is 6.29. The van der Waals surface area contributed by atoms with Crippen molar-refractivity contribution in [3.8, 4) is 11.5 Å². The van der Waals surface area contributed by atoms with Gasteiger partial charge in [0.05, 0.1) is 0 Å². The molecule has 1 aromatic rings. The number of benzene rings is 1. The highest BCUT2D eigenvalue weighted by molar-refractivity contribution is 5.75. The van der Waals surface area contributed by atoms with Crippen LogP contribution in [-0.2, 0) is 11.2 Å². The first-order valence-electron chi connectivity index (χ1n) is 7.25. The van der Waals surface area contributed by atoms with E-state index < -0.39 is 0 Å². The Kier molecular flexibility index (Phi) is 3.81. The standard InChI is InChI=1S/C17H24O3/c1-10(18)6-8-17(5)9-7-14-13(4)15(19)11(2)12(3)16(14)20-17/h19H,6-9H2,1-5H3. The van der Waals surface area contributed by atoms with Gasteiger partial charge in [0.2, 0.25) is 0 Å². The van der Waals surface area contributed by atoms with E-state index in [1.54, 1.807) is 6.92 Å². The molecular weight excluding hydrogens is 252 g/mol. The van der Waals surface area contributed by atoms with E-state index in [0.717, 1.165) is 47.3 Å². The Balaban J connectivity index is 2.37. The van der Waals surface area contributed by atoms with E-state index in [0.29, 0.717) is 12.2 Å². The van der Waals surface area contributed by atoms with Crippen LogP contribution in [0.2, 0.25) is 0 Å². The van der Waals surface area contributed by atoms with Gasteiger partial charge >= 0.3 is 0 Å². The van der Waals surface area contributed by atoms with Gasteiger partial charge in [-0.05, 0) is 70.6 Å². The van der Waals surface area contributed by atoms with Gasteiger partial charge in [0, 0.05) is 12.0 Å². The number of phenols is 1. The van der Waals surface area contributed by atoms with E-state index in [-0.39, 0.29) is 11.4 Å². The molecular formula is C17H24O3. The number of rotatable bonds is 3. The lowest BCUT2D eigenvalue weighted by Crippen LogP contribution is -2.37. The Labute approximate surface area is 121 Å². The Morgan fingerprint density at radius 1 is 1.25 bits per heavy atom. The van der Waals surface area contributed by atoms with Gasteiger partial charge in [-0.3, -0.25) is 0 Å². The Hall–Kier alpha value is -1.51. The van der Waals surface area contributed by atoms with Gasteiger partial charge in [0.1, 0.15) is 22.9 Å². The number of Topliss-reactive ketones (excluding diaryl/α,β-unsaturated/α-hetero) is 1. The second-order valence-corrected chi connectivity index (χ2v) is 6.29. The summed E-state index contributed by atoms with van der Waals surface area (Å²) >= 11 is 0. The van der Waals surface area contributed by atoms with Gasteiger partial charge < -0.3 is 14.6 Å². The number of fused-ring (bicyclic) bond motifs is 1. The van der Waals surface area contributed by atoms with Crippen molar-refractivity contribution in [1.29, 1.82) is 0 Å². The number of aromatic hydroxyl groups is 1. The number of ether oxygens (including phenoxy) is 1. The van der Waals surface area contributed by atoms with Crippen molar-refractivity contribution in [3.63, 3.8) is 0 Å². The molecule has 0 aliphatic carbocycles. The lowest BCUT2D eigenvalue weighted by atomic mass is 9.84. The quantitative estimate of drug-likeness (QED) is 0.914. The summed E-state index contributed by atoms with van der Waals surface area (Å²) in [6.45, 7) is 9.56. The van der Waals surface area contributed by atoms with Gasteiger partial charge in [0.25, 0.3) is 0 Å². The molecule has 110 valence electrons. The molecule has 2 rings (SSSR count). The molecule has 1 aromatic carbocycles. The Bertz CT molecular complexity index is 560. The maximum Gasteiger partial charge on any atom is 0.129 e. The van der Waals surface area contributed by atoms with Crippen LogP contribution in [0.4, 0.5) is 0 Å². The van der Waals surface area contributed by atoms with Crippen molar-refractivity contribution < 1.29 is 14.6 Å². The minimum Gasteiger partial charge on any atom is -0.507 e. The number of ketones is 1. The molecule has 3 heteroatoms. The number of carbonyl (C=O) groups is 1. The van der Waals surface area contributed by atoms with Crippen molar-refractivity contribution in [3.05, 3.63) is 22.3 Å². The zero-order chi connectivity index (χ0) is 15.1. The highest BCUT2D eigenvalue weighted by Gasteiger charge is 2.34. The normalized spacial score (nSPS) is 21.2. The van der Waals surface area contributed by atoms with E-state index in [1.807, 2.05) is 20.8 Å². The van der Waals surface area contributed by atoms with Crippen molar-refractivity contribution in [1.82, 2.24) is 0 Å². The van der Waals surface area contributed by atoms with E-state index >= 15 is 0 Å². The Morgan fingerprint density at radius 3 is 2.50 bits per heavy atom. The zero-order valence-electron chi connectivity index (χ0n) is 13.1. The minimum atomic E-state index is -0.278. The molecule has 1 atom stereocenters. The first kappa shape index (κ1) is 14.9. The second kappa shape index (κ2) is 5.12. The number of hydrogen-bond acceptors (Lipinski definition) is 3. The molecule has 3 nitrogen and oxygen atoms in total. The molecule has 0 radical (unpaired) electrons. The SMILES string of the molecule is CC(=O)CCC1(C)CCc2c(C)c(O)c(C)c(C)c2O1. The van der Waals surface area contributed by atoms with Crippen LogP contribution in [0.15, 0.2) is 0 Å². The summed E-state index contributed by atoms with van der Waals surface area (Å²) in [5, 5.41) is 10.1. The fourth-order valence-electron chi connectivity index (χ4n) is 2.91. The summed E-state index contributed by atoms with van der Waals surface area (Å²) in [6.07, 6.45) is 3.08. The van der Waals surface area contributed by atoms with Crippen LogP contribution >= 0.6 is 0 Å². The summed E-state index contributed by atoms with van der Waals surface area (Å²) in [6, 6.07) is 0. The third kappa shape index (κ3) is 2.54. The smallest absolute Gasteiger partial charge is 0.129 e. The molecule has 0 bridgehead atoms. The minimum absolute atomic E-state index is 0.204. The first-order chi connectivity index (χ1) is 9.25. The van der Waals surface area contributed by atoms with Crippen molar-refractivity contribution >= 4 is 5.78 Å². The monoisotopic (exact) mass is 276 g/mol. The lowest BCUT2D eigenvalue weighted by Gasteiger charge is -2.38. The van der Waals surface area contributed by atoms with E-state index in [9.17, 15) is 9.90 Å². The number of phenolic OH excluding ortho intramolecular Hbond substituents is 1. The first-order valence-corrected chi connectivity index (χ1v) is 7.25. The molecule has 1 N–H and O–H groups in total. The van der Waals surface area contributed by atoms with Crippen LogP contribution in [0.3, 0.4) is 0 Å². The van der Waals surface area contributed by atoms with Crippen molar-refractivity contribution in [2.45, 2.75) is 65.9 Å². The average molecular weight is 276 g/mol. The molecule has 0 amide bonds. The van der Waals surface area contributed by atoms with Gasteiger partial charge in [-0.1, -0.05) is 0 Å². The van der Waals surface area contributed by atoms with Crippen LogP contribution in [-0.4, -0.2) is 16.5 Å². The molecule has 0 saturated heterocycles. The summed E-state index contributed by atoms with van der Waals surface area (Å²) in [5.74, 6) is 1.50. The van der Waals surface area contributed by atoms with Gasteiger partial charge in [-0.15, -0.1) is 0 Å². The molecule has 1 heterocycles. The van der Waals surface area contributed by atoms with Gasteiger partial charge in [-0.2, -0.15) is 0 Å².